The number of anilines is 2. The second-order valence-corrected chi connectivity index (χ2v) is 3.78. The van der Waals surface area contributed by atoms with Crippen molar-refractivity contribution in [1.29, 1.82) is 0 Å². The van der Waals surface area contributed by atoms with Crippen LogP contribution in [0.3, 0.4) is 0 Å². The Bertz CT molecular complexity index is 523. The van der Waals surface area contributed by atoms with E-state index in [0.29, 0.717) is 0 Å². The zero-order valence-electron chi connectivity index (χ0n) is 9.50. The van der Waals surface area contributed by atoms with Gasteiger partial charge in [0, 0.05) is 5.69 Å². The molecule has 2 rings (SSSR count). The van der Waals surface area contributed by atoms with Gasteiger partial charge in [-0.05, 0) is 42.8 Å². The minimum atomic E-state index is 0.199. The van der Waals surface area contributed by atoms with Crippen molar-refractivity contribution < 1.29 is 9.90 Å². The van der Waals surface area contributed by atoms with Crippen LogP contribution in [0.15, 0.2) is 48.5 Å². The normalized spacial score (nSPS) is 9.94. The molecule has 86 valence electrons. The lowest BCUT2D eigenvalue weighted by Crippen LogP contribution is -2.14. The van der Waals surface area contributed by atoms with E-state index in [1.807, 2.05) is 37.3 Å². The van der Waals surface area contributed by atoms with Gasteiger partial charge in [0.2, 0.25) is 6.41 Å². The Balaban J connectivity index is 2.46. The summed E-state index contributed by atoms with van der Waals surface area (Å²) in [5.41, 5.74) is 2.42. The Morgan fingerprint density at radius 3 is 2.41 bits per heavy atom. The summed E-state index contributed by atoms with van der Waals surface area (Å²) < 4.78 is 0. The number of rotatable bonds is 3. The first-order valence-electron chi connectivity index (χ1n) is 5.31. The van der Waals surface area contributed by atoms with E-state index in [4.69, 9.17) is 0 Å². The van der Waals surface area contributed by atoms with Crippen LogP contribution in [-0.4, -0.2) is 11.5 Å². The van der Waals surface area contributed by atoms with Crippen LogP contribution in [0.1, 0.15) is 5.56 Å². The fourth-order valence-electron chi connectivity index (χ4n) is 1.76. The molecule has 0 spiro atoms. The number of nitrogens with zero attached hydrogens (tertiary/aromatic N) is 1. The van der Waals surface area contributed by atoms with Crippen LogP contribution in [0.4, 0.5) is 11.4 Å². The fraction of sp³-hybridized carbons (Fsp3) is 0.0714. The van der Waals surface area contributed by atoms with E-state index in [2.05, 4.69) is 0 Å². The number of carbonyl (C=O) groups is 1. The van der Waals surface area contributed by atoms with Crippen molar-refractivity contribution in [2.24, 2.45) is 0 Å². The van der Waals surface area contributed by atoms with Crippen LogP contribution in [0.5, 0.6) is 5.75 Å². The number of benzene rings is 2. The number of para-hydroxylation sites is 1. The molecule has 0 aromatic heterocycles. The molecule has 0 bridgehead atoms. The topological polar surface area (TPSA) is 40.5 Å². The number of phenolic OH excluding ortho intramolecular Hbond substituents is 1. The van der Waals surface area contributed by atoms with Crippen molar-refractivity contribution in [2.45, 2.75) is 6.92 Å². The molecular formula is C14H13NO2. The molecule has 0 aliphatic rings. The summed E-state index contributed by atoms with van der Waals surface area (Å²) in [6.45, 7) is 1.86. The maximum Gasteiger partial charge on any atom is 0.218 e. The Hall–Kier alpha value is -2.29. The molecule has 0 atom stereocenters. The average Bonchev–Trinajstić information content (AvgIpc) is 2.34. The Labute approximate surface area is 99.9 Å². The van der Waals surface area contributed by atoms with Crippen LogP contribution >= 0.6 is 0 Å². The van der Waals surface area contributed by atoms with Crippen LogP contribution in [0.2, 0.25) is 0 Å². The predicted octanol–water partition coefficient (Wildman–Crippen LogP) is 3.00. The monoisotopic (exact) mass is 227 g/mol. The largest absolute Gasteiger partial charge is 0.508 e. The highest BCUT2D eigenvalue weighted by molar-refractivity contribution is 5.87. The standard InChI is InChI=1S/C14H13NO2/c1-11-9-13(17)7-8-14(11)15(10-16)12-5-3-2-4-6-12/h2-10,17H,1H3. The molecule has 0 aliphatic carbocycles. The van der Waals surface area contributed by atoms with Gasteiger partial charge < -0.3 is 5.11 Å². The zero-order valence-corrected chi connectivity index (χ0v) is 9.50. The second kappa shape index (κ2) is 4.70. The third kappa shape index (κ3) is 2.28. The summed E-state index contributed by atoms with van der Waals surface area (Å²) in [6, 6.07) is 14.3. The SMILES string of the molecule is Cc1cc(O)ccc1N(C=O)c1ccccc1. The predicted molar refractivity (Wildman–Crippen MR) is 67.5 cm³/mol. The molecule has 0 unspecified atom stereocenters. The molecule has 0 radical (unpaired) electrons. The van der Waals surface area contributed by atoms with Gasteiger partial charge in [-0.1, -0.05) is 18.2 Å². The quantitative estimate of drug-likeness (QED) is 0.819. The molecule has 1 N–H and O–H groups in total. The molecule has 0 aliphatic heterocycles. The van der Waals surface area contributed by atoms with Crippen molar-refractivity contribution in [3.8, 4) is 5.75 Å². The maximum absolute atomic E-state index is 11.2. The van der Waals surface area contributed by atoms with Gasteiger partial charge in [0.1, 0.15) is 5.75 Å². The molecule has 0 saturated heterocycles. The van der Waals surface area contributed by atoms with Crippen molar-refractivity contribution in [3.63, 3.8) is 0 Å². The summed E-state index contributed by atoms with van der Waals surface area (Å²) in [4.78, 5) is 12.8. The van der Waals surface area contributed by atoms with Crippen LogP contribution < -0.4 is 4.90 Å². The van der Waals surface area contributed by atoms with E-state index >= 15 is 0 Å². The minimum Gasteiger partial charge on any atom is -0.508 e. The molecule has 2 aromatic rings. The summed E-state index contributed by atoms with van der Waals surface area (Å²) >= 11 is 0. The van der Waals surface area contributed by atoms with E-state index in [1.54, 1.807) is 23.1 Å². The van der Waals surface area contributed by atoms with Gasteiger partial charge in [0.15, 0.2) is 0 Å². The third-order valence-electron chi connectivity index (χ3n) is 2.58. The van der Waals surface area contributed by atoms with Crippen molar-refractivity contribution >= 4 is 17.8 Å². The molecule has 1 amide bonds. The van der Waals surface area contributed by atoms with Gasteiger partial charge in [-0.15, -0.1) is 0 Å². The van der Waals surface area contributed by atoms with Crippen molar-refractivity contribution in [2.75, 3.05) is 4.90 Å². The summed E-state index contributed by atoms with van der Waals surface area (Å²) in [6.07, 6.45) is 0.773. The number of carbonyl (C=O) groups excluding carboxylic acids is 1. The van der Waals surface area contributed by atoms with Crippen LogP contribution in [-0.2, 0) is 4.79 Å². The summed E-state index contributed by atoms with van der Waals surface area (Å²) in [7, 11) is 0. The van der Waals surface area contributed by atoms with Gasteiger partial charge in [0.25, 0.3) is 0 Å². The second-order valence-electron chi connectivity index (χ2n) is 3.78. The van der Waals surface area contributed by atoms with Crippen LogP contribution in [0.25, 0.3) is 0 Å². The average molecular weight is 227 g/mol. The van der Waals surface area contributed by atoms with Gasteiger partial charge >= 0.3 is 0 Å². The van der Waals surface area contributed by atoms with Crippen LogP contribution in [0, 0.1) is 6.92 Å². The van der Waals surface area contributed by atoms with E-state index in [1.165, 1.54) is 0 Å². The maximum atomic E-state index is 11.2. The Morgan fingerprint density at radius 1 is 1.12 bits per heavy atom. The number of aryl methyl sites for hydroxylation is 1. The first-order valence-corrected chi connectivity index (χ1v) is 5.31. The van der Waals surface area contributed by atoms with E-state index in [-0.39, 0.29) is 5.75 Å². The first kappa shape index (κ1) is 11.2. The summed E-state index contributed by atoms with van der Waals surface area (Å²) in [5, 5.41) is 9.36. The molecule has 0 fully saturated rings. The van der Waals surface area contributed by atoms with Crippen molar-refractivity contribution in [1.82, 2.24) is 0 Å². The fourth-order valence-corrected chi connectivity index (χ4v) is 1.76. The number of phenols is 1. The number of hydrogen-bond acceptors (Lipinski definition) is 2. The van der Waals surface area contributed by atoms with Gasteiger partial charge in [-0.3, -0.25) is 9.69 Å². The lowest BCUT2D eigenvalue weighted by Gasteiger charge is -2.19. The molecule has 17 heavy (non-hydrogen) atoms. The third-order valence-corrected chi connectivity index (χ3v) is 2.58. The van der Waals surface area contributed by atoms with E-state index in [0.717, 1.165) is 23.3 Å². The smallest absolute Gasteiger partial charge is 0.218 e. The highest BCUT2D eigenvalue weighted by Crippen LogP contribution is 2.28. The van der Waals surface area contributed by atoms with E-state index in [9.17, 15) is 9.90 Å². The van der Waals surface area contributed by atoms with Gasteiger partial charge in [-0.2, -0.15) is 0 Å². The highest BCUT2D eigenvalue weighted by Gasteiger charge is 2.10. The van der Waals surface area contributed by atoms with Gasteiger partial charge in [0.05, 0.1) is 5.69 Å². The molecule has 0 saturated carbocycles. The number of hydrogen-bond donors (Lipinski definition) is 1. The minimum absolute atomic E-state index is 0.199. The highest BCUT2D eigenvalue weighted by atomic mass is 16.3. The number of amides is 1. The Morgan fingerprint density at radius 2 is 1.82 bits per heavy atom. The molecule has 3 heteroatoms. The lowest BCUT2D eigenvalue weighted by molar-refractivity contribution is -0.106. The molecular weight excluding hydrogens is 214 g/mol. The Kier molecular flexibility index (Phi) is 3.10. The van der Waals surface area contributed by atoms with E-state index < -0.39 is 0 Å². The number of aromatic hydroxyl groups is 1. The molecule has 0 heterocycles. The molecule has 2 aromatic carbocycles. The molecule has 3 nitrogen and oxygen atoms in total. The summed E-state index contributed by atoms with van der Waals surface area (Å²) in [5.74, 6) is 0.199. The van der Waals surface area contributed by atoms with Gasteiger partial charge in [-0.25, -0.2) is 0 Å². The zero-order chi connectivity index (χ0) is 12.3. The first-order chi connectivity index (χ1) is 8.22. The lowest BCUT2D eigenvalue weighted by atomic mass is 10.1. The van der Waals surface area contributed by atoms with Crippen molar-refractivity contribution in [3.05, 3.63) is 54.1 Å².